The van der Waals surface area contributed by atoms with Gasteiger partial charge in [-0.2, -0.15) is 4.31 Å². The van der Waals surface area contributed by atoms with Gasteiger partial charge >= 0.3 is 0 Å². The number of hydrogen-bond acceptors (Lipinski definition) is 4. The highest BCUT2D eigenvalue weighted by Gasteiger charge is 2.26. The SMILES string of the molecule is COCCN(CCOC)S(=O)(=O)c1cc(Br)c(C)cc1Br. The van der Waals surface area contributed by atoms with Gasteiger partial charge in [-0.3, -0.25) is 0 Å². The molecule has 0 fully saturated rings. The minimum atomic E-state index is -3.62. The van der Waals surface area contributed by atoms with Crippen molar-refractivity contribution in [1.29, 1.82) is 0 Å². The molecule has 21 heavy (non-hydrogen) atoms. The van der Waals surface area contributed by atoms with Gasteiger partial charge in [-0.1, -0.05) is 15.9 Å². The van der Waals surface area contributed by atoms with Crippen LogP contribution in [0.25, 0.3) is 0 Å². The molecule has 0 radical (unpaired) electrons. The van der Waals surface area contributed by atoms with Crippen molar-refractivity contribution in [1.82, 2.24) is 4.31 Å². The number of rotatable bonds is 8. The second-order valence-electron chi connectivity index (χ2n) is 4.42. The van der Waals surface area contributed by atoms with Gasteiger partial charge in [0.05, 0.1) is 18.1 Å². The Morgan fingerprint density at radius 1 is 1.05 bits per heavy atom. The van der Waals surface area contributed by atoms with Crippen LogP contribution in [0, 0.1) is 6.92 Å². The minimum Gasteiger partial charge on any atom is -0.383 e. The second-order valence-corrected chi connectivity index (χ2v) is 8.04. The highest BCUT2D eigenvalue weighted by atomic mass is 79.9. The van der Waals surface area contributed by atoms with E-state index in [-0.39, 0.29) is 18.0 Å². The molecule has 0 saturated carbocycles. The Hall–Kier alpha value is 0.01000. The Kier molecular flexibility index (Phi) is 7.80. The maximum atomic E-state index is 12.8. The van der Waals surface area contributed by atoms with E-state index in [0.29, 0.717) is 17.7 Å². The number of nitrogens with zero attached hydrogens (tertiary/aromatic N) is 1. The number of hydrogen-bond donors (Lipinski definition) is 0. The van der Waals surface area contributed by atoms with Crippen LogP contribution in [0.4, 0.5) is 0 Å². The van der Waals surface area contributed by atoms with Crippen LogP contribution in [-0.2, 0) is 19.5 Å². The van der Waals surface area contributed by atoms with Crippen LogP contribution >= 0.6 is 31.9 Å². The summed E-state index contributed by atoms with van der Waals surface area (Å²) in [6, 6.07) is 3.39. The van der Waals surface area contributed by atoms with Crippen LogP contribution in [-0.4, -0.2) is 53.2 Å². The lowest BCUT2D eigenvalue weighted by molar-refractivity contribution is 0.150. The first-order valence-corrected chi connectivity index (χ1v) is 9.31. The van der Waals surface area contributed by atoms with Crippen molar-refractivity contribution < 1.29 is 17.9 Å². The van der Waals surface area contributed by atoms with Crippen molar-refractivity contribution in [3.63, 3.8) is 0 Å². The molecule has 0 amide bonds. The van der Waals surface area contributed by atoms with E-state index in [4.69, 9.17) is 9.47 Å². The van der Waals surface area contributed by atoms with Gasteiger partial charge in [0, 0.05) is 36.3 Å². The van der Waals surface area contributed by atoms with E-state index in [1.54, 1.807) is 26.4 Å². The molecular weight excluding hydrogens is 426 g/mol. The Balaban J connectivity index is 3.18. The molecule has 1 aromatic carbocycles. The molecule has 0 heterocycles. The smallest absolute Gasteiger partial charge is 0.244 e. The summed E-state index contributed by atoms with van der Waals surface area (Å²) in [6.45, 7) is 3.11. The van der Waals surface area contributed by atoms with E-state index in [0.717, 1.165) is 10.0 Å². The molecule has 8 heteroatoms. The molecule has 120 valence electrons. The maximum Gasteiger partial charge on any atom is 0.244 e. The third-order valence-corrected chi connectivity index (χ3v) is 6.63. The summed E-state index contributed by atoms with van der Waals surface area (Å²) >= 11 is 6.71. The second kappa shape index (κ2) is 8.59. The Labute approximate surface area is 142 Å². The van der Waals surface area contributed by atoms with E-state index < -0.39 is 10.0 Å². The Morgan fingerprint density at radius 3 is 2.05 bits per heavy atom. The molecular formula is C13H19Br2NO4S. The fourth-order valence-corrected chi connectivity index (χ4v) is 4.75. The Morgan fingerprint density at radius 2 is 1.57 bits per heavy atom. The van der Waals surface area contributed by atoms with Gasteiger partial charge < -0.3 is 9.47 Å². The van der Waals surface area contributed by atoms with Crippen molar-refractivity contribution in [2.24, 2.45) is 0 Å². The summed E-state index contributed by atoms with van der Waals surface area (Å²) in [5.74, 6) is 0. The largest absolute Gasteiger partial charge is 0.383 e. The molecule has 0 saturated heterocycles. The van der Waals surface area contributed by atoms with Crippen LogP contribution in [0.5, 0.6) is 0 Å². The van der Waals surface area contributed by atoms with Crippen molar-refractivity contribution >= 4 is 41.9 Å². The number of halogens is 2. The van der Waals surface area contributed by atoms with E-state index in [9.17, 15) is 8.42 Å². The molecule has 0 aromatic heterocycles. The monoisotopic (exact) mass is 443 g/mol. The van der Waals surface area contributed by atoms with Crippen LogP contribution in [0.1, 0.15) is 5.56 Å². The zero-order valence-corrected chi connectivity index (χ0v) is 16.2. The summed E-state index contributed by atoms with van der Waals surface area (Å²) in [5.41, 5.74) is 0.959. The van der Waals surface area contributed by atoms with E-state index in [1.807, 2.05) is 6.92 Å². The summed E-state index contributed by atoms with van der Waals surface area (Å²) < 4.78 is 38.2. The summed E-state index contributed by atoms with van der Waals surface area (Å²) in [7, 11) is -0.537. The molecule has 5 nitrogen and oxygen atoms in total. The van der Waals surface area contributed by atoms with Gasteiger partial charge in [-0.05, 0) is 40.5 Å². The first-order valence-electron chi connectivity index (χ1n) is 6.28. The molecule has 1 aromatic rings. The molecule has 0 aliphatic rings. The Bertz CT molecular complexity index is 570. The molecule has 0 N–H and O–H groups in total. The van der Waals surface area contributed by atoms with Crippen LogP contribution < -0.4 is 0 Å². The zero-order valence-electron chi connectivity index (χ0n) is 12.2. The van der Waals surface area contributed by atoms with Gasteiger partial charge in [-0.25, -0.2) is 8.42 Å². The summed E-state index contributed by atoms with van der Waals surface area (Å²) in [5, 5.41) is 0. The quantitative estimate of drug-likeness (QED) is 0.618. The van der Waals surface area contributed by atoms with Crippen LogP contribution in [0.3, 0.4) is 0 Å². The normalized spacial score (nSPS) is 12.1. The topological polar surface area (TPSA) is 55.8 Å². The van der Waals surface area contributed by atoms with Crippen molar-refractivity contribution in [2.75, 3.05) is 40.5 Å². The summed E-state index contributed by atoms with van der Waals surface area (Å²) in [6.07, 6.45) is 0. The predicted octanol–water partition coefficient (Wildman–Crippen LogP) is 2.80. The highest BCUT2D eigenvalue weighted by molar-refractivity contribution is 9.11. The van der Waals surface area contributed by atoms with E-state index in [1.165, 1.54) is 4.31 Å². The van der Waals surface area contributed by atoms with E-state index >= 15 is 0 Å². The lowest BCUT2D eigenvalue weighted by atomic mass is 10.2. The van der Waals surface area contributed by atoms with Gasteiger partial charge in [0.1, 0.15) is 0 Å². The number of methoxy groups -OCH3 is 2. The number of aryl methyl sites for hydroxylation is 1. The zero-order chi connectivity index (χ0) is 16.0. The molecule has 0 atom stereocenters. The molecule has 1 rings (SSSR count). The molecule has 0 spiro atoms. The maximum absolute atomic E-state index is 12.8. The average molecular weight is 445 g/mol. The fourth-order valence-electron chi connectivity index (χ4n) is 1.70. The van der Waals surface area contributed by atoms with E-state index in [2.05, 4.69) is 31.9 Å². The number of benzene rings is 1. The average Bonchev–Trinajstić information content (AvgIpc) is 2.42. The number of ether oxygens (including phenoxy) is 2. The first-order chi connectivity index (χ1) is 9.84. The van der Waals surface area contributed by atoms with Crippen molar-refractivity contribution in [3.05, 3.63) is 26.6 Å². The van der Waals surface area contributed by atoms with Gasteiger partial charge in [0.15, 0.2) is 0 Å². The molecule has 0 unspecified atom stereocenters. The standard InChI is InChI=1S/C13H19Br2NO4S/c1-10-8-12(15)13(9-11(10)14)21(17,18)16(4-6-19-2)5-7-20-3/h8-9H,4-7H2,1-3H3. The third kappa shape index (κ3) is 5.01. The van der Waals surface area contributed by atoms with Crippen molar-refractivity contribution in [3.8, 4) is 0 Å². The lowest BCUT2D eigenvalue weighted by Crippen LogP contribution is -2.36. The van der Waals surface area contributed by atoms with Gasteiger partial charge in [0.2, 0.25) is 10.0 Å². The van der Waals surface area contributed by atoms with Crippen LogP contribution in [0.15, 0.2) is 26.0 Å². The lowest BCUT2D eigenvalue weighted by Gasteiger charge is -2.22. The third-order valence-electron chi connectivity index (χ3n) is 2.92. The minimum absolute atomic E-state index is 0.229. The fraction of sp³-hybridized carbons (Fsp3) is 0.538. The van der Waals surface area contributed by atoms with Gasteiger partial charge in [-0.15, -0.1) is 0 Å². The predicted molar refractivity (Wildman–Crippen MR) is 89.1 cm³/mol. The highest BCUT2D eigenvalue weighted by Crippen LogP contribution is 2.30. The van der Waals surface area contributed by atoms with Crippen LogP contribution in [0.2, 0.25) is 0 Å². The molecule has 0 aliphatic heterocycles. The van der Waals surface area contributed by atoms with Crippen molar-refractivity contribution in [2.45, 2.75) is 11.8 Å². The summed E-state index contributed by atoms with van der Waals surface area (Å²) in [4.78, 5) is 0.229. The molecule has 0 bridgehead atoms. The first kappa shape index (κ1) is 19.1. The van der Waals surface area contributed by atoms with Gasteiger partial charge in [0.25, 0.3) is 0 Å². The number of sulfonamides is 1. The molecule has 0 aliphatic carbocycles.